The van der Waals surface area contributed by atoms with E-state index in [0.717, 1.165) is 18.7 Å². The van der Waals surface area contributed by atoms with Crippen LogP contribution in [0.3, 0.4) is 0 Å². The second-order valence-electron chi connectivity index (χ2n) is 5.23. The SMILES string of the molecule is COC(=O)c1c(Br)sc(Br)c1Cc1ccc(-c2ccccc2)cc1. The summed E-state index contributed by atoms with van der Waals surface area (Å²) >= 11 is 8.50. The molecule has 0 N–H and O–H groups in total. The minimum absolute atomic E-state index is 0.320. The topological polar surface area (TPSA) is 26.3 Å². The van der Waals surface area contributed by atoms with Crippen molar-refractivity contribution >= 4 is 49.2 Å². The molecule has 0 aliphatic heterocycles. The Hall–Kier alpha value is -1.43. The zero-order valence-corrected chi connectivity index (χ0v) is 16.9. The van der Waals surface area contributed by atoms with E-state index in [1.165, 1.54) is 29.6 Å². The highest BCUT2D eigenvalue weighted by Gasteiger charge is 2.22. The summed E-state index contributed by atoms with van der Waals surface area (Å²) < 4.78 is 6.64. The van der Waals surface area contributed by atoms with E-state index in [9.17, 15) is 4.79 Å². The third kappa shape index (κ3) is 3.63. The Morgan fingerprint density at radius 2 is 1.58 bits per heavy atom. The molecule has 0 radical (unpaired) electrons. The van der Waals surface area contributed by atoms with Gasteiger partial charge in [-0.15, -0.1) is 11.3 Å². The van der Waals surface area contributed by atoms with E-state index in [1.54, 1.807) is 0 Å². The van der Waals surface area contributed by atoms with Gasteiger partial charge in [-0.2, -0.15) is 0 Å². The molecule has 24 heavy (non-hydrogen) atoms. The number of esters is 1. The van der Waals surface area contributed by atoms with Gasteiger partial charge < -0.3 is 4.74 Å². The van der Waals surface area contributed by atoms with Crippen LogP contribution < -0.4 is 0 Å². The van der Waals surface area contributed by atoms with E-state index >= 15 is 0 Å². The van der Waals surface area contributed by atoms with Crippen LogP contribution in [0.2, 0.25) is 0 Å². The molecular formula is C19H14Br2O2S. The Bertz CT molecular complexity index is 855. The lowest BCUT2D eigenvalue weighted by Gasteiger charge is -2.07. The monoisotopic (exact) mass is 464 g/mol. The largest absolute Gasteiger partial charge is 0.465 e. The minimum atomic E-state index is -0.320. The first-order valence-electron chi connectivity index (χ1n) is 7.29. The predicted molar refractivity (Wildman–Crippen MR) is 106 cm³/mol. The highest BCUT2D eigenvalue weighted by molar-refractivity contribution is 9.12. The lowest BCUT2D eigenvalue weighted by molar-refractivity contribution is 0.0599. The fourth-order valence-electron chi connectivity index (χ4n) is 2.52. The molecule has 0 aliphatic rings. The third-order valence-corrected chi connectivity index (χ3v) is 6.40. The van der Waals surface area contributed by atoms with E-state index in [4.69, 9.17) is 4.74 Å². The summed E-state index contributed by atoms with van der Waals surface area (Å²) in [5, 5.41) is 0. The maximum absolute atomic E-state index is 12.0. The molecule has 5 heteroatoms. The standard InChI is InChI=1S/C19H14Br2O2S/c1-23-19(22)16-15(17(20)24-18(16)21)11-12-7-9-14(10-8-12)13-5-3-2-4-6-13/h2-10H,11H2,1H3. The average molecular weight is 466 g/mol. The number of benzene rings is 2. The molecule has 0 atom stereocenters. The van der Waals surface area contributed by atoms with Crippen molar-refractivity contribution in [2.75, 3.05) is 7.11 Å². The Balaban J connectivity index is 1.89. The van der Waals surface area contributed by atoms with Crippen molar-refractivity contribution in [1.82, 2.24) is 0 Å². The molecule has 0 saturated heterocycles. The molecule has 2 nitrogen and oxygen atoms in total. The second-order valence-corrected chi connectivity index (χ2v) is 8.89. The maximum atomic E-state index is 12.0. The summed E-state index contributed by atoms with van der Waals surface area (Å²) in [6, 6.07) is 18.7. The van der Waals surface area contributed by atoms with Gasteiger partial charge in [0.05, 0.1) is 20.2 Å². The van der Waals surface area contributed by atoms with Crippen LogP contribution in [0.4, 0.5) is 0 Å². The van der Waals surface area contributed by atoms with Crippen LogP contribution in [0.15, 0.2) is 62.2 Å². The van der Waals surface area contributed by atoms with E-state index in [2.05, 4.69) is 68.3 Å². The van der Waals surface area contributed by atoms with Crippen molar-refractivity contribution in [3.8, 4) is 11.1 Å². The van der Waals surface area contributed by atoms with Crippen LogP contribution in [0, 0.1) is 0 Å². The highest BCUT2D eigenvalue weighted by atomic mass is 79.9. The zero-order chi connectivity index (χ0) is 17.1. The molecule has 122 valence electrons. The van der Waals surface area contributed by atoms with Crippen molar-refractivity contribution in [2.45, 2.75) is 6.42 Å². The lowest BCUT2D eigenvalue weighted by atomic mass is 10.00. The van der Waals surface area contributed by atoms with Gasteiger partial charge >= 0.3 is 5.97 Å². The predicted octanol–water partition coefficient (Wildman–Crippen LogP) is 6.32. The number of carbonyl (C=O) groups excluding carboxylic acids is 1. The van der Waals surface area contributed by atoms with Crippen LogP contribution >= 0.6 is 43.2 Å². The van der Waals surface area contributed by atoms with E-state index < -0.39 is 0 Å². The lowest BCUT2D eigenvalue weighted by Crippen LogP contribution is -2.04. The van der Waals surface area contributed by atoms with Gasteiger partial charge in [-0.25, -0.2) is 4.79 Å². The average Bonchev–Trinajstić information content (AvgIpc) is 2.89. The van der Waals surface area contributed by atoms with Gasteiger partial charge in [-0.3, -0.25) is 0 Å². The number of carbonyl (C=O) groups is 1. The molecular weight excluding hydrogens is 452 g/mol. The van der Waals surface area contributed by atoms with Crippen LogP contribution in [0.1, 0.15) is 21.5 Å². The fourth-order valence-corrected chi connectivity index (χ4v) is 5.65. The van der Waals surface area contributed by atoms with E-state index in [1.807, 2.05) is 18.2 Å². The van der Waals surface area contributed by atoms with Gasteiger partial charge in [0.2, 0.25) is 0 Å². The van der Waals surface area contributed by atoms with Crippen molar-refractivity contribution in [3.63, 3.8) is 0 Å². The number of halogens is 2. The molecule has 0 saturated carbocycles. The van der Waals surface area contributed by atoms with Gasteiger partial charge in [0.1, 0.15) is 0 Å². The summed E-state index contributed by atoms with van der Waals surface area (Å²) in [4.78, 5) is 12.0. The maximum Gasteiger partial charge on any atom is 0.340 e. The van der Waals surface area contributed by atoms with Crippen molar-refractivity contribution in [3.05, 3.63) is 78.9 Å². The van der Waals surface area contributed by atoms with Crippen molar-refractivity contribution in [2.24, 2.45) is 0 Å². The molecule has 0 amide bonds. The summed E-state index contributed by atoms with van der Waals surface area (Å²) in [5.41, 5.74) is 5.07. The summed E-state index contributed by atoms with van der Waals surface area (Å²) in [6.07, 6.45) is 0.669. The summed E-state index contributed by atoms with van der Waals surface area (Å²) in [6.45, 7) is 0. The number of methoxy groups -OCH3 is 1. The van der Waals surface area contributed by atoms with Crippen LogP contribution in [0.25, 0.3) is 11.1 Å². The Labute approximate surface area is 161 Å². The molecule has 0 fully saturated rings. The van der Waals surface area contributed by atoms with Crippen LogP contribution in [-0.2, 0) is 11.2 Å². The van der Waals surface area contributed by atoms with Crippen LogP contribution in [-0.4, -0.2) is 13.1 Å². The van der Waals surface area contributed by atoms with Gasteiger partial charge in [-0.1, -0.05) is 54.6 Å². The van der Waals surface area contributed by atoms with Gasteiger partial charge in [-0.05, 0) is 54.1 Å². The molecule has 1 aromatic heterocycles. The first-order chi connectivity index (χ1) is 11.6. The molecule has 0 bridgehead atoms. The number of ether oxygens (including phenoxy) is 1. The smallest absolute Gasteiger partial charge is 0.340 e. The number of thiophene rings is 1. The quantitative estimate of drug-likeness (QED) is 0.421. The van der Waals surface area contributed by atoms with Crippen LogP contribution in [0.5, 0.6) is 0 Å². The molecule has 1 heterocycles. The van der Waals surface area contributed by atoms with Gasteiger partial charge in [0.15, 0.2) is 0 Å². The van der Waals surface area contributed by atoms with E-state index in [-0.39, 0.29) is 5.97 Å². The van der Waals surface area contributed by atoms with Crippen molar-refractivity contribution in [1.29, 1.82) is 0 Å². The molecule has 3 rings (SSSR count). The summed E-state index contributed by atoms with van der Waals surface area (Å²) in [7, 11) is 1.40. The normalized spacial score (nSPS) is 10.6. The fraction of sp³-hybridized carbons (Fsp3) is 0.105. The first kappa shape index (κ1) is 17.4. The molecule has 0 aliphatic carbocycles. The molecule has 3 aromatic rings. The third-order valence-electron chi connectivity index (χ3n) is 3.75. The highest BCUT2D eigenvalue weighted by Crippen LogP contribution is 2.38. The van der Waals surface area contributed by atoms with E-state index in [0.29, 0.717) is 12.0 Å². The molecule has 2 aromatic carbocycles. The Morgan fingerprint density at radius 1 is 0.958 bits per heavy atom. The molecule has 0 spiro atoms. The van der Waals surface area contributed by atoms with Gasteiger partial charge in [0, 0.05) is 6.42 Å². The first-order valence-corrected chi connectivity index (χ1v) is 9.69. The van der Waals surface area contributed by atoms with Gasteiger partial charge in [0.25, 0.3) is 0 Å². The number of rotatable bonds is 4. The molecule has 0 unspecified atom stereocenters. The number of hydrogen-bond donors (Lipinski definition) is 0. The minimum Gasteiger partial charge on any atom is -0.465 e. The van der Waals surface area contributed by atoms with Crippen molar-refractivity contribution < 1.29 is 9.53 Å². The number of hydrogen-bond acceptors (Lipinski definition) is 3. The Morgan fingerprint density at radius 3 is 2.21 bits per heavy atom. The summed E-state index contributed by atoms with van der Waals surface area (Å²) in [5.74, 6) is -0.320. The zero-order valence-electron chi connectivity index (χ0n) is 12.9. The Kier molecular flexibility index (Phi) is 5.54. The second kappa shape index (κ2) is 7.64.